The lowest BCUT2D eigenvalue weighted by molar-refractivity contribution is 0.0998. The predicted molar refractivity (Wildman–Crippen MR) is 96.2 cm³/mol. The molecule has 0 radical (unpaired) electrons. The molecular weight excluding hydrogens is 306 g/mol. The Hall–Kier alpha value is -2.40. The topological polar surface area (TPSA) is 37.6 Å². The van der Waals surface area contributed by atoms with Gasteiger partial charge in [-0.1, -0.05) is 23.5 Å². The molecule has 0 fully saturated rings. The monoisotopic (exact) mass is 325 g/mol. The normalized spacial score (nSPS) is 11.9. The quantitative estimate of drug-likeness (QED) is 0.739. The maximum atomic E-state index is 12.5. The number of aryl methyl sites for hydroxylation is 1. The lowest BCUT2D eigenvalue weighted by atomic mass is 10.2. The molecule has 1 aromatic heterocycles. The number of thiazole rings is 1. The Balaban J connectivity index is 2.02. The number of benzene rings is 2. The fraction of sp³-hybridized carbons (Fsp3) is 0.222. The van der Waals surface area contributed by atoms with Crippen molar-refractivity contribution in [2.24, 2.45) is 4.99 Å². The van der Waals surface area contributed by atoms with Crippen LogP contribution in [0.2, 0.25) is 0 Å². The van der Waals surface area contributed by atoms with E-state index in [1.807, 2.05) is 55.4 Å². The Morgan fingerprint density at radius 2 is 1.83 bits per heavy atom. The first kappa shape index (κ1) is 15.5. The van der Waals surface area contributed by atoms with Crippen molar-refractivity contribution in [3.8, 4) is 0 Å². The second kappa shape index (κ2) is 6.38. The smallest absolute Gasteiger partial charge is 0.279 e. The van der Waals surface area contributed by atoms with Crippen LogP contribution < -0.4 is 9.70 Å². The molecule has 23 heavy (non-hydrogen) atoms. The maximum absolute atomic E-state index is 12.5. The lowest BCUT2D eigenvalue weighted by Gasteiger charge is -2.11. The molecule has 0 spiro atoms. The summed E-state index contributed by atoms with van der Waals surface area (Å²) in [5.41, 5.74) is 2.79. The van der Waals surface area contributed by atoms with Gasteiger partial charge in [-0.2, -0.15) is 4.99 Å². The molecule has 4 nitrogen and oxygen atoms in total. The molecule has 0 saturated heterocycles. The van der Waals surface area contributed by atoms with Crippen molar-refractivity contribution in [1.29, 1.82) is 0 Å². The first-order valence-electron chi connectivity index (χ1n) is 7.55. The van der Waals surface area contributed by atoms with E-state index in [2.05, 4.69) is 28.6 Å². The van der Waals surface area contributed by atoms with E-state index >= 15 is 0 Å². The molecule has 0 bridgehead atoms. The first-order valence-corrected chi connectivity index (χ1v) is 8.36. The zero-order chi connectivity index (χ0) is 16.4. The zero-order valence-corrected chi connectivity index (χ0v) is 14.3. The second-order valence-electron chi connectivity index (χ2n) is 5.45. The highest BCUT2D eigenvalue weighted by Crippen LogP contribution is 2.17. The number of aromatic nitrogens is 1. The van der Waals surface area contributed by atoms with E-state index in [9.17, 15) is 4.79 Å². The number of para-hydroxylation sites is 1. The van der Waals surface area contributed by atoms with Gasteiger partial charge in [0.05, 0.1) is 10.2 Å². The number of rotatable bonds is 3. The average molecular weight is 325 g/mol. The van der Waals surface area contributed by atoms with Crippen LogP contribution in [-0.2, 0) is 6.54 Å². The zero-order valence-electron chi connectivity index (χ0n) is 13.5. The van der Waals surface area contributed by atoms with Gasteiger partial charge in [0.2, 0.25) is 0 Å². The van der Waals surface area contributed by atoms with Crippen LogP contribution in [0.25, 0.3) is 10.2 Å². The fourth-order valence-corrected chi connectivity index (χ4v) is 3.56. The number of carbonyl (C=O) groups is 1. The van der Waals surface area contributed by atoms with Crippen LogP contribution in [0.1, 0.15) is 17.3 Å². The molecule has 3 aromatic rings. The van der Waals surface area contributed by atoms with Gasteiger partial charge in [0.15, 0.2) is 4.80 Å². The third kappa shape index (κ3) is 3.05. The summed E-state index contributed by atoms with van der Waals surface area (Å²) < 4.78 is 3.22. The summed E-state index contributed by atoms with van der Waals surface area (Å²) >= 11 is 1.55. The molecular formula is C18H19N3OS. The Kier molecular flexibility index (Phi) is 4.30. The second-order valence-corrected chi connectivity index (χ2v) is 6.46. The van der Waals surface area contributed by atoms with E-state index in [-0.39, 0.29) is 5.91 Å². The Morgan fingerprint density at radius 1 is 1.13 bits per heavy atom. The molecule has 118 valence electrons. The van der Waals surface area contributed by atoms with Crippen molar-refractivity contribution in [3.05, 3.63) is 58.9 Å². The first-order chi connectivity index (χ1) is 11.1. The van der Waals surface area contributed by atoms with Crippen molar-refractivity contribution in [1.82, 2.24) is 4.57 Å². The SMILES string of the molecule is CCn1c(=NC(=O)c2ccc(N(C)C)cc2)sc2ccccc21. The number of fused-ring (bicyclic) bond motifs is 1. The number of anilines is 1. The summed E-state index contributed by atoms with van der Waals surface area (Å²) in [6, 6.07) is 15.6. The van der Waals surface area contributed by atoms with Crippen LogP contribution >= 0.6 is 11.3 Å². The van der Waals surface area contributed by atoms with Gasteiger partial charge in [-0.25, -0.2) is 0 Å². The van der Waals surface area contributed by atoms with Gasteiger partial charge in [-0.3, -0.25) is 4.79 Å². The minimum absolute atomic E-state index is 0.205. The molecule has 0 aliphatic heterocycles. The highest BCUT2D eigenvalue weighted by atomic mass is 32.1. The van der Waals surface area contributed by atoms with Crippen molar-refractivity contribution >= 4 is 33.1 Å². The van der Waals surface area contributed by atoms with Gasteiger partial charge in [0.1, 0.15) is 0 Å². The molecule has 5 heteroatoms. The lowest BCUT2D eigenvalue weighted by Crippen LogP contribution is -2.16. The average Bonchev–Trinajstić information content (AvgIpc) is 2.91. The van der Waals surface area contributed by atoms with E-state index in [0.29, 0.717) is 5.56 Å². The van der Waals surface area contributed by atoms with Crippen molar-refractivity contribution < 1.29 is 4.79 Å². The van der Waals surface area contributed by atoms with Gasteiger partial charge in [0, 0.05) is 31.9 Å². The van der Waals surface area contributed by atoms with E-state index in [1.54, 1.807) is 11.3 Å². The predicted octanol–water partition coefficient (Wildman–Crippen LogP) is 3.53. The molecule has 0 aliphatic rings. The van der Waals surface area contributed by atoms with Crippen LogP contribution in [0.3, 0.4) is 0 Å². The number of hydrogen-bond acceptors (Lipinski definition) is 3. The van der Waals surface area contributed by atoms with Gasteiger partial charge in [0.25, 0.3) is 5.91 Å². The minimum atomic E-state index is -0.205. The largest absolute Gasteiger partial charge is 0.378 e. The number of hydrogen-bond donors (Lipinski definition) is 0. The highest BCUT2D eigenvalue weighted by molar-refractivity contribution is 7.16. The molecule has 2 aromatic carbocycles. The van der Waals surface area contributed by atoms with Crippen molar-refractivity contribution in [2.45, 2.75) is 13.5 Å². The third-order valence-corrected chi connectivity index (χ3v) is 4.79. The van der Waals surface area contributed by atoms with Crippen LogP contribution in [0.15, 0.2) is 53.5 Å². The van der Waals surface area contributed by atoms with Crippen molar-refractivity contribution in [3.63, 3.8) is 0 Å². The summed E-state index contributed by atoms with van der Waals surface area (Å²) in [6.07, 6.45) is 0. The van der Waals surface area contributed by atoms with Crippen LogP contribution in [0, 0.1) is 0 Å². The number of nitrogens with zero attached hydrogens (tertiary/aromatic N) is 3. The molecule has 3 rings (SSSR count). The van der Waals surface area contributed by atoms with E-state index < -0.39 is 0 Å². The molecule has 0 unspecified atom stereocenters. The van der Waals surface area contributed by atoms with Gasteiger partial charge in [-0.05, 0) is 43.3 Å². The molecule has 0 aliphatic carbocycles. The number of amides is 1. The maximum Gasteiger partial charge on any atom is 0.279 e. The van der Waals surface area contributed by atoms with Crippen LogP contribution in [0.4, 0.5) is 5.69 Å². The molecule has 0 atom stereocenters. The fourth-order valence-electron chi connectivity index (χ4n) is 2.47. The van der Waals surface area contributed by atoms with Crippen molar-refractivity contribution in [2.75, 3.05) is 19.0 Å². The highest BCUT2D eigenvalue weighted by Gasteiger charge is 2.08. The Labute approximate surface area is 139 Å². The summed E-state index contributed by atoms with van der Waals surface area (Å²) in [6.45, 7) is 2.85. The summed E-state index contributed by atoms with van der Waals surface area (Å²) in [4.78, 5) is 19.5. The molecule has 0 saturated carbocycles. The van der Waals surface area contributed by atoms with E-state index in [4.69, 9.17) is 0 Å². The van der Waals surface area contributed by atoms with Crippen LogP contribution in [-0.4, -0.2) is 24.6 Å². The number of carbonyl (C=O) groups excluding carboxylic acids is 1. The van der Waals surface area contributed by atoms with Gasteiger partial charge >= 0.3 is 0 Å². The standard InChI is InChI=1S/C18H19N3OS/c1-4-21-15-7-5-6-8-16(15)23-18(21)19-17(22)13-9-11-14(12-10-13)20(2)3/h5-12H,4H2,1-3H3. The van der Waals surface area contributed by atoms with Crippen LogP contribution in [0.5, 0.6) is 0 Å². The molecule has 1 heterocycles. The van der Waals surface area contributed by atoms with Gasteiger partial charge in [-0.15, -0.1) is 0 Å². The summed E-state index contributed by atoms with van der Waals surface area (Å²) in [7, 11) is 3.95. The van der Waals surface area contributed by atoms with E-state index in [1.165, 1.54) is 0 Å². The Bertz CT molecular complexity index is 904. The third-order valence-electron chi connectivity index (χ3n) is 3.73. The Morgan fingerprint density at radius 3 is 2.48 bits per heavy atom. The summed E-state index contributed by atoms with van der Waals surface area (Å²) in [5, 5.41) is 0. The molecule has 1 amide bonds. The summed E-state index contributed by atoms with van der Waals surface area (Å²) in [5.74, 6) is -0.205. The molecule has 0 N–H and O–H groups in total. The van der Waals surface area contributed by atoms with Gasteiger partial charge < -0.3 is 9.47 Å². The van der Waals surface area contributed by atoms with E-state index in [0.717, 1.165) is 27.3 Å². The minimum Gasteiger partial charge on any atom is -0.378 e.